The molecule has 4 rings (SSSR count). The Bertz CT molecular complexity index is 1260. The number of guanidine groups is 1. The average Bonchev–Trinajstić information content (AvgIpc) is 2.88. The van der Waals surface area contributed by atoms with Crippen LogP contribution in [0.15, 0.2) is 41.7 Å². The maximum Gasteiger partial charge on any atom is 0.202 e. The van der Waals surface area contributed by atoms with Crippen molar-refractivity contribution in [1.29, 1.82) is 0 Å². The zero-order valence-corrected chi connectivity index (χ0v) is 21.6. The number of anilines is 2. The summed E-state index contributed by atoms with van der Waals surface area (Å²) in [6.45, 7) is 4.98. The molecule has 36 heavy (non-hydrogen) atoms. The Balaban J connectivity index is 1.59. The van der Waals surface area contributed by atoms with Crippen LogP contribution >= 0.6 is 11.6 Å². The third-order valence-corrected chi connectivity index (χ3v) is 6.58. The Morgan fingerprint density at radius 3 is 2.75 bits per heavy atom. The molecule has 2 aromatic carbocycles. The minimum atomic E-state index is 0.181. The Kier molecular flexibility index (Phi) is 8.47. The number of hydrogen-bond acceptors (Lipinski definition) is 6. The van der Waals surface area contributed by atoms with Crippen LogP contribution in [0.4, 0.5) is 11.5 Å². The fourth-order valence-corrected chi connectivity index (χ4v) is 4.40. The first-order chi connectivity index (χ1) is 17.5. The summed E-state index contributed by atoms with van der Waals surface area (Å²) < 4.78 is 11.8. The maximum atomic E-state index is 6.41. The summed E-state index contributed by atoms with van der Waals surface area (Å²) in [5.74, 6) is 5.31. The van der Waals surface area contributed by atoms with Gasteiger partial charge in [-0.3, -0.25) is 0 Å². The number of aliphatic imine (C=N–C) groups is 1. The molecule has 0 saturated carbocycles. The summed E-state index contributed by atoms with van der Waals surface area (Å²) in [5.41, 5.74) is 2.43. The van der Waals surface area contributed by atoms with Crippen LogP contribution in [-0.4, -0.2) is 61.2 Å². The van der Waals surface area contributed by atoms with Gasteiger partial charge in [0.25, 0.3) is 0 Å². The van der Waals surface area contributed by atoms with Crippen molar-refractivity contribution in [2.45, 2.75) is 19.8 Å². The van der Waals surface area contributed by atoms with Gasteiger partial charge < -0.3 is 25.0 Å². The van der Waals surface area contributed by atoms with Gasteiger partial charge in [-0.2, -0.15) is 0 Å². The van der Waals surface area contributed by atoms with Gasteiger partial charge in [0.2, 0.25) is 5.96 Å². The quantitative estimate of drug-likeness (QED) is 0.269. The van der Waals surface area contributed by atoms with Crippen LogP contribution < -0.4 is 20.1 Å². The fraction of sp³-hybridized carbons (Fsp3) is 0.370. The van der Waals surface area contributed by atoms with Crippen LogP contribution in [0.25, 0.3) is 10.9 Å². The number of hydrogen-bond donors (Lipinski definition) is 2. The number of nitrogens with zero attached hydrogens (tertiary/aromatic N) is 4. The molecule has 2 heterocycles. The average molecular weight is 507 g/mol. The number of rotatable bonds is 7. The van der Waals surface area contributed by atoms with Gasteiger partial charge >= 0.3 is 0 Å². The van der Waals surface area contributed by atoms with Crippen LogP contribution in [-0.2, 0) is 0 Å². The van der Waals surface area contributed by atoms with E-state index in [9.17, 15) is 0 Å². The lowest BCUT2D eigenvalue weighted by molar-refractivity contribution is 0.157. The summed E-state index contributed by atoms with van der Waals surface area (Å²) in [7, 11) is 3.78. The van der Waals surface area contributed by atoms with Gasteiger partial charge in [-0.25, -0.2) is 15.0 Å². The summed E-state index contributed by atoms with van der Waals surface area (Å²) in [4.78, 5) is 15.7. The number of ether oxygens (including phenoxy) is 2. The monoisotopic (exact) mass is 506 g/mol. The van der Waals surface area contributed by atoms with Crippen molar-refractivity contribution in [3.63, 3.8) is 0 Å². The molecule has 1 aliphatic heterocycles. The molecule has 0 aliphatic carbocycles. The van der Waals surface area contributed by atoms with Crippen molar-refractivity contribution >= 4 is 40.0 Å². The van der Waals surface area contributed by atoms with E-state index in [1.807, 2.05) is 37.3 Å². The van der Waals surface area contributed by atoms with Crippen molar-refractivity contribution < 1.29 is 9.47 Å². The minimum absolute atomic E-state index is 0.181. The minimum Gasteiger partial charge on any atom is -0.493 e. The van der Waals surface area contributed by atoms with Gasteiger partial charge in [0.15, 0.2) is 11.5 Å². The molecule has 0 unspecified atom stereocenters. The Morgan fingerprint density at radius 1 is 1.22 bits per heavy atom. The second kappa shape index (κ2) is 11.9. The zero-order valence-electron chi connectivity index (χ0n) is 20.8. The third-order valence-electron chi connectivity index (χ3n) is 6.26. The van der Waals surface area contributed by atoms with Gasteiger partial charge in [-0.1, -0.05) is 29.7 Å². The summed E-state index contributed by atoms with van der Waals surface area (Å²) >= 11 is 6.41. The lowest BCUT2D eigenvalue weighted by Crippen LogP contribution is -2.32. The molecule has 8 nitrogen and oxygen atoms in total. The first-order valence-electron chi connectivity index (χ1n) is 11.9. The van der Waals surface area contributed by atoms with Crippen molar-refractivity contribution in [3.05, 3.63) is 47.2 Å². The number of para-hydroxylation sites is 1. The van der Waals surface area contributed by atoms with Gasteiger partial charge in [-0.05, 0) is 63.5 Å². The van der Waals surface area contributed by atoms with Crippen molar-refractivity contribution in [3.8, 4) is 23.8 Å². The van der Waals surface area contributed by atoms with E-state index in [-0.39, 0.29) is 6.54 Å². The molecule has 1 aromatic heterocycles. The molecule has 0 radical (unpaired) electrons. The number of benzene rings is 2. The Labute approximate surface area is 217 Å². The molecule has 188 valence electrons. The molecule has 3 aromatic rings. The van der Waals surface area contributed by atoms with Crippen molar-refractivity contribution in [1.82, 2.24) is 14.9 Å². The van der Waals surface area contributed by atoms with E-state index in [1.54, 1.807) is 7.11 Å². The highest BCUT2D eigenvalue weighted by atomic mass is 35.5. The molecule has 0 spiro atoms. The van der Waals surface area contributed by atoms with E-state index in [0.29, 0.717) is 40.8 Å². The van der Waals surface area contributed by atoms with Crippen molar-refractivity contribution in [2.75, 3.05) is 51.0 Å². The predicted molar refractivity (Wildman–Crippen MR) is 146 cm³/mol. The number of fused-ring (bicyclic) bond motifs is 1. The molecule has 9 heteroatoms. The van der Waals surface area contributed by atoms with Crippen LogP contribution in [0.2, 0.25) is 5.02 Å². The summed E-state index contributed by atoms with van der Waals surface area (Å²) in [6.07, 6.45) is 9.21. The van der Waals surface area contributed by atoms with E-state index in [1.165, 1.54) is 6.33 Å². The molecule has 1 fully saturated rings. The number of likely N-dealkylation sites (tertiary alicyclic amines) is 1. The number of halogens is 1. The van der Waals surface area contributed by atoms with E-state index >= 15 is 0 Å². The number of terminal acetylenes is 1. The second-order valence-corrected chi connectivity index (χ2v) is 9.26. The highest BCUT2D eigenvalue weighted by molar-refractivity contribution is 6.34. The summed E-state index contributed by atoms with van der Waals surface area (Å²) in [5, 5.41) is 7.84. The van der Waals surface area contributed by atoms with Crippen LogP contribution in [0.1, 0.15) is 18.4 Å². The van der Waals surface area contributed by atoms with E-state index in [0.717, 1.165) is 48.1 Å². The lowest BCUT2D eigenvalue weighted by Gasteiger charge is -2.28. The van der Waals surface area contributed by atoms with Crippen LogP contribution in [0.3, 0.4) is 0 Å². The largest absolute Gasteiger partial charge is 0.493 e. The van der Waals surface area contributed by atoms with E-state index < -0.39 is 0 Å². The zero-order chi connectivity index (χ0) is 25.5. The highest BCUT2D eigenvalue weighted by Gasteiger charge is 2.19. The molecular weight excluding hydrogens is 476 g/mol. The summed E-state index contributed by atoms with van der Waals surface area (Å²) in [6, 6.07) is 9.44. The van der Waals surface area contributed by atoms with Crippen LogP contribution in [0, 0.1) is 25.2 Å². The standard InChI is InChI=1S/C27H31ClN6O2/c1-5-11-29-27(32-25-18(2)7-6-8-21(25)28)33-26-20-14-23(35-4)24(15-22(20)30-17-31-26)36-16-19-9-12-34(3)13-10-19/h1,6-8,14-15,17,19H,9-13,16H2,2-4H3,(H2,29,30,31,32,33). The predicted octanol–water partition coefficient (Wildman–Crippen LogP) is 4.83. The normalized spacial score (nSPS) is 14.9. The van der Waals surface area contributed by atoms with E-state index in [2.05, 4.69) is 43.5 Å². The third kappa shape index (κ3) is 6.17. The number of nitrogens with one attached hydrogen (secondary N) is 2. The molecule has 0 atom stereocenters. The SMILES string of the molecule is C#CC/N=C(\Nc1c(C)cccc1Cl)Nc1ncnc2cc(OCC3CCN(C)CC3)c(OC)cc12. The Hall–Kier alpha value is -3.54. The highest BCUT2D eigenvalue weighted by Crippen LogP contribution is 2.35. The number of piperidine rings is 1. The number of aromatic nitrogens is 2. The van der Waals surface area contributed by atoms with Gasteiger partial charge in [-0.15, -0.1) is 6.42 Å². The molecule has 0 bridgehead atoms. The lowest BCUT2D eigenvalue weighted by atomic mass is 9.98. The van der Waals surface area contributed by atoms with Gasteiger partial charge in [0.05, 0.1) is 29.9 Å². The molecule has 2 N–H and O–H groups in total. The van der Waals surface area contributed by atoms with Crippen molar-refractivity contribution in [2.24, 2.45) is 10.9 Å². The first kappa shape index (κ1) is 25.5. The second-order valence-electron chi connectivity index (χ2n) is 8.85. The van der Waals surface area contributed by atoms with Crippen LogP contribution in [0.5, 0.6) is 11.5 Å². The fourth-order valence-electron chi connectivity index (χ4n) is 4.13. The molecule has 0 amide bonds. The Morgan fingerprint density at radius 2 is 2.03 bits per heavy atom. The molecule has 1 aliphatic rings. The molecule has 1 saturated heterocycles. The first-order valence-corrected chi connectivity index (χ1v) is 12.3. The smallest absolute Gasteiger partial charge is 0.202 e. The number of aryl methyl sites for hydroxylation is 1. The van der Waals surface area contributed by atoms with Gasteiger partial charge in [0.1, 0.15) is 18.7 Å². The van der Waals surface area contributed by atoms with E-state index in [4.69, 9.17) is 27.5 Å². The number of methoxy groups -OCH3 is 1. The van der Waals surface area contributed by atoms with Gasteiger partial charge in [0, 0.05) is 11.5 Å². The topological polar surface area (TPSA) is 83.9 Å². The maximum absolute atomic E-state index is 6.41. The molecular formula is C27H31ClN6O2.